The molecule has 4 rings (SSSR count). The Kier molecular flexibility index (Phi) is 5.26. The van der Waals surface area contributed by atoms with Crippen molar-refractivity contribution in [2.75, 3.05) is 37.7 Å². The molecule has 0 aliphatic carbocycles. The summed E-state index contributed by atoms with van der Waals surface area (Å²) in [5, 5.41) is 0.802. The first-order valence-corrected chi connectivity index (χ1v) is 9.84. The van der Waals surface area contributed by atoms with Crippen LogP contribution in [0.4, 0.5) is 5.69 Å². The third kappa shape index (κ3) is 3.32. The number of para-hydroxylation sites is 1. The Labute approximate surface area is 172 Å². The molecule has 1 amide bonds. The maximum Gasteiger partial charge on any atom is 0.345 e. The number of hydrogen-bond donors (Lipinski definition) is 1. The quantitative estimate of drug-likeness (QED) is 0.654. The smallest absolute Gasteiger partial charge is 0.345 e. The van der Waals surface area contributed by atoms with E-state index in [1.807, 2.05) is 29.2 Å². The number of imidazole rings is 1. The number of aromatic amines is 1. The maximum atomic E-state index is 13.1. The van der Waals surface area contributed by atoms with Gasteiger partial charge in [-0.1, -0.05) is 18.2 Å². The van der Waals surface area contributed by atoms with Crippen molar-refractivity contribution in [3.05, 3.63) is 58.4 Å². The number of esters is 1. The van der Waals surface area contributed by atoms with Gasteiger partial charge in [0, 0.05) is 38.6 Å². The molecule has 0 unspecified atom stereocenters. The number of aromatic nitrogens is 3. The second-order valence-electron chi connectivity index (χ2n) is 7.07. The van der Waals surface area contributed by atoms with Crippen LogP contribution in [0, 0.1) is 0 Å². The first-order valence-electron chi connectivity index (χ1n) is 9.84. The third-order valence-corrected chi connectivity index (χ3v) is 5.37. The van der Waals surface area contributed by atoms with Crippen LogP contribution in [0.2, 0.25) is 0 Å². The Morgan fingerprint density at radius 3 is 2.57 bits per heavy atom. The number of nitrogens with zero attached hydrogens (tertiary/aromatic N) is 4. The number of ether oxygens (including phenoxy) is 1. The van der Waals surface area contributed by atoms with Crippen LogP contribution in [0.25, 0.3) is 10.9 Å². The third-order valence-electron chi connectivity index (χ3n) is 5.37. The molecule has 0 radical (unpaired) electrons. The number of anilines is 1. The summed E-state index contributed by atoms with van der Waals surface area (Å²) >= 11 is 0. The van der Waals surface area contributed by atoms with Gasteiger partial charge in [-0.25, -0.2) is 9.78 Å². The minimum absolute atomic E-state index is 0.0337. The lowest BCUT2D eigenvalue weighted by Gasteiger charge is -2.37. The molecule has 3 aromatic rings. The standard InChI is InChI=1S/C21H23N5O4/c1-3-30-21(29)17-18(14-6-4-5-7-16(14)24(2)20(17)28)25-8-10-26(11-9-25)19(27)15-12-22-13-23-15/h4-7,12-13H,3,8-11H2,1-2H3,(H,22,23). The minimum Gasteiger partial charge on any atom is -0.462 e. The summed E-state index contributed by atoms with van der Waals surface area (Å²) in [6.45, 7) is 3.80. The number of fused-ring (bicyclic) bond motifs is 1. The minimum atomic E-state index is -0.630. The van der Waals surface area contributed by atoms with Gasteiger partial charge in [-0.05, 0) is 13.0 Å². The number of benzene rings is 1. The lowest BCUT2D eigenvalue weighted by atomic mass is 10.1. The van der Waals surface area contributed by atoms with E-state index in [0.29, 0.717) is 37.6 Å². The van der Waals surface area contributed by atoms with Gasteiger partial charge in [0.15, 0.2) is 0 Å². The predicted octanol–water partition coefficient (Wildman–Crippen LogP) is 1.40. The normalized spacial score (nSPS) is 14.2. The molecule has 9 nitrogen and oxygen atoms in total. The molecular formula is C21H23N5O4. The van der Waals surface area contributed by atoms with Gasteiger partial charge in [-0.2, -0.15) is 0 Å². The molecule has 1 saturated heterocycles. The highest BCUT2D eigenvalue weighted by atomic mass is 16.5. The summed E-state index contributed by atoms with van der Waals surface area (Å²) in [6.07, 6.45) is 2.98. The molecule has 3 heterocycles. The summed E-state index contributed by atoms with van der Waals surface area (Å²) in [5.74, 6) is -0.749. The summed E-state index contributed by atoms with van der Waals surface area (Å²) in [6, 6.07) is 7.49. The average Bonchev–Trinajstić information content (AvgIpc) is 3.31. The second-order valence-corrected chi connectivity index (χ2v) is 7.07. The topological polar surface area (TPSA) is 101 Å². The number of hydrogen-bond acceptors (Lipinski definition) is 6. The van der Waals surface area contributed by atoms with E-state index >= 15 is 0 Å². The lowest BCUT2D eigenvalue weighted by Crippen LogP contribution is -2.49. The highest BCUT2D eigenvalue weighted by molar-refractivity contribution is 6.05. The van der Waals surface area contributed by atoms with Crippen molar-refractivity contribution in [1.82, 2.24) is 19.4 Å². The fraction of sp³-hybridized carbons (Fsp3) is 0.333. The van der Waals surface area contributed by atoms with Crippen LogP contribution >= 0.6 is 0 Å². The largest absolute Gasteiger partial charge is 0.462 e. The molecular weight excluding hydrogens is 386 g/mol. The fourth-order valence-electron chi connectivity index (χ4n) is 3.87. The van der Waals surface area contributed by atoms with Crippen molar-refractivity contribution >= 4 is 28.5 Å². The first-order chi connectivity index (χ1) is 14.5. The molecule has 1 N–H and O–H groups in total. The molecule has 1 aromatic carbocycles. The van der Waals surface area contributed by atoms with Crippen LogP contribution < -0.4 is 10.5 Å². The molecule has 1 aliphatic heterocycles. The lowest BCUT2D eigenvalue weighted by molar-refractivity contribution is 0.0523. The van der Waals surface area contributed by atoms with Crippen LogP contribution in [0.5, 0.6) is 0 Å². The maximum absolute atomic E-state index is 13.1. The fourth-order valence-corrected chi connectivity index (χ4v) is 3.87. The van der Waals surface area contributed by atoms with Gasteiger partial charge in [0.25, 0.3) is 11.5 Å². The SMILES string of the molecule is CCOC(=O)c1c(N2CCN(C(=O)c3cnc[nH]3)CC2)c2ccccc2n(C)c1=O. The van der Waals surface area contributed by atoms with Crippen LogP contribution in [0.15, 0.2) is 41.6 Å². The summed E-state index contributed by atoms with van der Waals surface area (Å²) in [4.78, 5) is 48.8. The van der Waals surface area contributed by atoms with Gasteiger partial charge >= 0.3 is 5.97 Å². The Balaban J connectivity index is 1.72. The molecule has 9 heteroatoms. The number of piperazine rings is 1. The zero-order chi connectivity index (χ0) is 21.3. The van der Waals surface area contributed by atoms with Gasteiger partial charge in [0.1, 0.15) is 11.3 Å². The van der Waals surface area contributed by atoms with Crippen molar-refractivity contribution < 1.29 is 14.3 Å². The molecule has 0 atom stereocenters. The Morgan fingerprint density at radius 2 is 1.90 bits per heavy atom. The van der Waals surface area contributed by atoms with Gasteiger partial charge < -0.3 is 24.1 Å². The highest BCUT2D eigenvalue weighted by Gasteiger charge is 2.29. The number of carbonyl (C=O) groups excluding carboxylic acids is 2. The number of carbonyl (C=O) groups is 2. The highest BCUT2D eigenvalue weighted by Crippen LogP contribution is 2.30. The monoisotopic (exact) mass is 409 g/mol. The molecule has 0 saturated carbocycles. The zero-order valence-corrected chi connectivity index (χ0v) is 16.9. The van der Waals surface area contributed by atoms with E-state index in [4.69, 9.17) is 4.74 Å². The van der Waals surface area contributed by atoms with Gasteiger partial charge in [0.05, 0.1) is 30.3 Å². The summed E-state index contributed by atoms with van der Waals surface area (Å²) in [5.41, 5.74) is 1.39. The number of nitrogens with one attached hydrogen (secondary N) is 1. The van der Waals surface area contributed by atoms with Crippen LogP contribution in [0.1, 0.15) is 27.8 Å². The van der Waals surface area contributed by atoms with E-state index in [-0.39, 0.29) is 18.1 Å². The average molecular weight is 409 g/mol. The van der Waals surface area contributed by atoms with Gasteiger partial charge in [-0.15, -0.1) is 0 Å². The number of amides is 1. The Morgan fingerprint density at radius 1 is 1.17 bits per heavy atom. The number of rotatable bonds is 4. The van der Waals surface area contributed by atoms with E-state index in [0.717, 1.165) is 10.9 Å². The van der Waals surface area contributed by atoms with Gasteiger partial charge in [0.2, 0.25) is 0 Å². The molecule has 30 heavy (non-hydrogen) atoms. The molecule has 1 aliphatic rings. The van der Waals surface area contributed by atoms with Crippen LogP contribution in [-0.4, -0.2) is 64.1 Å². The zero-order valence-electron chi connectivity index (χ0n) is 16.9. The number of H-pyrrole nitrogens is 1. The molecule has 2 aromatic heterocycles. The number of pyridine rings is 1. The van der Waals surface area contributed by atoms with Crippen LogP contribution in [-0.2, 0) is 11.8 Å². The molecule has 0 spiro atoms. The van der Waals surface area contributed by atoms with E-state index in [2.05, 4.69) is 9.97 Å². The Hall–Kier alpha value is -3.62. The first kappa shape index (κ1) is 19.7. The van der Waals surface area contributed by atoms with Crippen molar-refractivity contribution in [3.8, 4) is 0 Å². The van der Waals surface area contributed by atoms with E-state index in [1.54, 1.807) is 18.9 Å². The van der Waals surface area contributed by atoms with Gasteiger partial charge in [-0.3, -0.25) is 9.59 Å². The molecule has 0 bridgehead atoms. The summed E-state index contributed by atoms with van der Waals surface area (Å²) in [7, 11) is 1.65. The van der Waals surface area contributed by atoms with Crippen LogP contribution in [0.3, 0.4) is 0 Å². The van der Waals surface area contributed by atoms with Crippen molar-refractivity contribution in [2.24, 2.45) is 7.05 Å². The van der Waals surface area contributed by atoms with Crippen molar-refractivity contribution in [2.45, 2.75) is 6.92 Å². The second kappa shape index (κ2) is 8.02. The molecule has 156 valence electrons. The van der Waals surface area contributed by atoms with Crippen molar-refractivity contribution in [3.63, 3.8) is 0 Å². The predicted molar refractivity (Wildman–Crippen MR) is 112 cm³/mol. The number of aryl methyl sites for hydroxylation is 1. The summed E-state index contributed by atoms with van der Waals surface area (Å²) < 4.78 is 6.67. The molecule has 1 fully saturated rings. The Bertz CT molecular complexity index is 1140. The van der Waals surface area contributed by atoms with E-state index in [1.165, 1.54) is 17.1 Å². The van der Waals surface area contributed by atoms with E-state index < -0.39 is 11.5 Å². The van der Waals surface area contributed by atoms with Crippen molar-refractivity contribution in [1.29, 1.82) is 0 Å². The van der Waals surface area contributed by atoms with E-state index in [9.17, 15) is 14.4 Å².